The normalized spacial score (nSPS) is 12.6. The Hall–Kier alpha value is -2.17. The van der Waals surface area contributed by atoms with Crippen LogP contribution in [0.15, 0.2) is 34.9 Å². The van der Waals surface area contributed by atoms with Gasteiger partial charge in [0.05, 0.1) is 0 Å². The Kier molecular flexibility index (Phi) is 5.31. The van der Waals surface area contributed by atoms with Crippen LogP contribution in [-0.2, 0) is 4.79 Å². The van der Waals surface area contributed by atoms with Gasteiger partial charge >= 0.3 is 0 Å². The number of hydrogen-bond acceptors (Lipinski definition) is 4. The summed E-state index contributed by atoms with van der Waals surface area (Å²) in [5.74, 6) is 1.48. The quantitative estimate of drug-likeness (QED) is 0.885. The number of nitrogens with one attached hydrogen (secondary N) is 1. The maximum absolute atomic E-state index is 12.0. The first-order valence-corrected chi connectivity index (χ1v) is 7.65. The van der Waals surface area contributed by atoms with Crippen molar-refractivity contribution in [1.82, 2.24) is 15.5 Å². The van der Waals surface area contributed by atoms with Gasteiger partial charge in [0.25, 0.3) is 0 Å². The molecule has 22 heavy (non-hydrogen) atoms. The van der Waals surface area contributed by atoms with E-state index in [0.717, 1.165) is 5.56 Å². The van der Waals surface area contributed by atoms with E-state index in [2.05, 4.69) is 15.5 Å². The van der Waals surface area contributed by atoms with Gasteiger partial charge < -0.3 is 9.84 Å². The van der Waals surface area contributed by atoms with Gasteiger partial charge in [-0.05, 0) is 11.8 Å². The van der Waals surface area contributed by atoms with Crippen molar-refractivity contribution in [1.29, 1.82) is 0 Å². The van der Waals surface area contributed by atoms with Gasteiger partial charge in [-0.25, -0.2) is 0 Å². The van der Waals surface area contributed by atoms with E-state index in [-0.39, 0.29) is 17.9 Å². The van der Waals surface area contributed by atoms with Crippen molar-refractivity contribution in [2.24, 2.45) is 11.8 Å². The van der Waals surface area contributed by atoms with Gasteiger partial charge in [0, 0.05) is 12.0 Å². The third-order valence-electron chi connectivity index (χ3n) is 3.32. The lowest BCUT2D eigenvalue weighted by Crippen LogP contribution is -2.32. The Bertz CT molecular complexity index is 605. The molecule has 1 amide bonds. The summed E-state index contributed by atoms with van der Waals surface area (Å²) in [6, 6.07) is 9.38. The van der Waals surface area contributed by atoms with Gasteiger partial charge in [-0.3, -0.25) is 4.79 Å². The Labute approximate surface area is 131 Å². The van der Waals surface area contributed by atoms with E-state index < -0.39 is 0 Å². The van der Waals surface area contributed by atoms with E-state index >= 15 is 0 Å². The average molecular weight is 301 g/mol. The van der Waals surface area contributed by atoms with Crippen LogP contribution in [0.2, 0.25) is 0 Å². The van der Waals surface area contributed by atoms with E-state index in [9.17, 15) is 4.79 Å². The Morgan fingerprint density at radius 1 is 1.18 bits per heavy atom. The highest BCUT2D eigenvalue weighted by molar-refractivity contribution is 5.76. The zero-order valence-corrected chi connectivity index (χ0v) is 13.5. The molecule has 1 heterocycles. The molecule has 0 aliphatic rings. The van der Waals surface area contributed by atoms with Crippen LogP contribution in [0.5, 0.6) is 0 Å². The molecule has 1 aromatic heterocycles. The predicted molar refractivity (Wildman–Crippen MR) is 84.9 cm³/mol. The molecule has 5 nitrogen and oxygen atoms in total. The smallest absolute Gasteiger partial charge is 0.249 e. The Morgan fingerprint density at radius 3 is 2.45 bits per heavy atom. The highest BCUT2D eigenvalue weighted by atomic mass is 16.5. The lowest BCUT2D eigenvalue weighted by atomic mass is 10.0. The fourth-order valence-electron chi connectivity index (χ4n) is 2.18. The van der Waals surface area contributed by atoms with Gasteiger partial charge in [0.1, 0.15) is 6.04 Å². The molecule has 0 fully saturated rings. The molecule has 0 aliphatic heterocycles. The minimum absolute atomic E-state index is 0.00756. The highest BCUT2D eigenvalue weighted by Crippen LogP contribution is 2.23. The summed E-state index contributed by atoms with van der Waals surface area (Å²) >= 11 is 0. The molecule has 2 rings (SSSR count). The summed E-state index contributed by atoms with van der Waals surface area (Å²) < 4.78 is 5.37. The zero-order valence-electron chi connectivity index (χ0n) is 13.5. The van der Waals surface area contributed by atoms with Gasteiger partial charge in [-0.1, -0.05) is 63.2 Å². The number of amides is 1. The van der Waals surface area contributed by atoms with Gasteiger partial charge in [-0.2, -0.15) is 4.98 Å². The highest BCUT2D eigenvalue weighted by Gasteiger charge is 2.25. The second kappa shape index (κ2) is 7.20. The maximum Gasteiger partial charge on any atom is 0.249 e. The van der Waals surface area contributed by atoms with Crippen LogP contribution in [-0.4, -0.2) is 16.0 Å². The molecule has 0 unspecified atom stereocenters. The number of hydrogen-bond donors (Lipinski definition) is 1. The van der Waals surface area contributed by atoms with Gasteiger partial charge in [-0.15, -0.1) is 0 Å². The monoisotopic (exact) mass is 301 g/mol. The molecule has 1 atom stereocenters. The molecule has 0 spiro atoms. The second-order valence-electron chi connectivity index (χ2n) is 6.21. The van der Waals surface area contributed by atoms with E-state index in [1.807, 2.05) is 58.0 Å². The fourth-order valence-corrected chi connectivity index (χ4v) is 2.18. The van der Waals surface area contributed by atoms with Crippen LogP contribution in [0.25, 0.3) is 11.4 Å². The molecular weight excluding hydrogens is 278 g/mol. The molecule has 2 aromatic rings. The predicted octanol–water partition coefficient (Wildman–Crippen LogP) is 3.60. The first kappa shape index (κ1) is 16.2. The summed E-state index contributed by atoms with van der Waals surface area (Å²) in [7, 11) is 0. The van der Waals surface area contributed by atoms with Crippen molar-refractivity contribution >= 4 is 5.91 Å². The number of nitrogens with zero attached hydrogens (tertiary/aromatic N) is 2. The number of carbonyl (C=O) groups is 1. The topological polar surface area (TPSA) is 68.0 Å². The zero-order chi connectivity index (χ0) is 16.1. The SMILES string of the molecule is CC(C)CC(=O)N[C@@H](c1nc(-c2ccccc2)no1)C(C)C. The first-order valence-electron chi connectivity index (χ1n) is 7.65. The van der Waals surface area contributed by atoms with E-state index in [1.54, 1.807) is 0 Å². The van der Waals surface area contributed by atoms with Crippen LogP contribution in [0.3, 0.4) is 0 Å². The molecule has 0 saturated heterocycles. The third kappa shape index (κ3) is 4.16. The Morgan fingerprint density at radius 2 is 1.86 bits per heavy atom. The minimum Gasteiger partial charge on any atom is -0.344 e. The number of aromatic nitrogens is 2. The molecule has 1 aromatic carbocycles. The molecule has 118 valence electrons. The molecule has 0 radical (unpaired) electrons. The molecule has 0 aliphatic carbocycles. The van der Waals surface area contributed by atoms with Crippen LogP contribution in [0, 0.1) is 11.8 Å². The third-order valence-corrected chi connectivity index (χ3v) is 3.32. The number of benzene rings is 1. The molecule has 1 N–H and O–H groups in total. The van der Waals surface area contributed by atoms with E-state index in [0.29, 0.717) is 24.1 Å². The van der Waals surface area contributed by atoms with Crippen molar-refractivity contribution in [3.8, 4) is 11.4 Å². The van der Waals surface area contributed by atoms with E-state index in [4.69, 9.17) is 4.52 Å². The molecular formula is C17H23N3O2. The van der Waals surface area contributed by atoms with Crippen LogP contribution >= 0.6 is 0 Å². The summed E-state index contributed by atoms with van der Waals surface area (Å²) in [6.07, 6.45) is 0.489. The molecule has 0 bridgehead atoms. The lowest BCUT2D eigenvalue weighted by molar-refractivity contribution is -0.123. The van der Waals surface area contributed by atoms with Crippen LogP contribution in [0.4, 0.5) is 0 Å². The van der Waals surface area contributed by atoms with Crippen LogP contribution < -0.4 is 5.32 Å². The van der Waals surface area contributed by atoms with Gasteiger partial charge in [0.15, 0.2) is 0 Å². The van der Waals surface area contributed by atoms with Crippen molar-refractivity contribution in [3.63, 3.8) is 0 Å². The first-order chi connectivity index (χ1) is 10.5. The standard InChI is InChI=1S/C17H23N3O2/c1-11(2)10-14(21)18-15(12(3)4)17-19-16(20-22-17)13-8-6-5-7-9-13/h5-9,11-12,15H,10H2,1-4H3,(H,18,21)/t15-/m1/s1. The largest absolute Gasteiger partial charge is 0.344 e. The average Bonchev–Trinajstić information content (AvgIpc) is 2.94. The second-order valence-corrected chi connectivity index (χ2v) is 6.21. The van der Waals surface area contributed by atoms with Crippen molar-refractivity contribution in [3.05, 3.63) is 36.2 Å². The summed E-state index contributed by atoms with van der Waals surface area (Å²) in [5, 5.41) is 7.01. The summed E-state index contributed by atoms with van der Waals surface area (Å²) in [6.45, 7) is 8.08. The molecule has 0 saturated carbocycles. The van der Waals surface area contributed by atoms with Gasteiger partial charge in [0.2, 0.25) is 17.6 Å². The summed E-state index contributed by atoms with van der Waals surface area (Å²) in [4.78, 5) is 16.5. The molecule has 5 heteroatoms. The summed E-state index contributed by atoms with van der Waals surface area (Å²) in [5.41, 5.74) is 0.897. The van der Waals surface area contributed by atoms with Crippen molar-refractivity contribution in [2.45, 2.75) is 40.2 Å². The number of carbonyl (C=O) groups excluding carboxylic acids is 1. The lowest BCUT2D eigenvalue weighted by Gasteiger charge is -2.19. The Balaban J connectivity index is 2.16. The number of rotatable bonds is 6. The fraction of sp³-hybridized carbons (Fsp3) is 0.471. The van der Waals surface area contributed by atoms with Crippen molar-refractivity contribution < 1.29 is 9.32 Å². The van der Waals surface area contributed by atoms with Crippen molar-refractivity contribution in [2.75, 3.05) is 0 Å². The van der Waals surface area contributed by atoms with Crippen LogP contribution in [0.1, 0.15) is 46.0 Å². The maximum atomic E-state index is 12.0. The van der Waals surface area contributed by atoms with E-state index in [1.165, 1.54) is 0 Å². The minimum atomic E-state index is -0.267.